The van der Waals surface area contributed by atoms with E-state index in [-0.39, 0.29) is 36.7 Å². The molecular weight excluding hydrogens is 347 g/mol. The number of carbonyl (C=O) groups excluding carboxylic acids is 2. The molecule has 1 heterocycles. The fourth-order valence-electron chi connectivity index (χ4n) is 4.75. The van der Waals surface area contributed by atoms with Gasteiger partial charge in [-0.15, -0.1) is 0 Å². The van der Waals surface area contributed by atoms with Crippen molar-refractivity contribution in [2.45, 2.75) is 82.9 Å². The molecule has 1 N–H and O–H groups in total. The van der Waals surface area contributed by atoms with Crippen LogP contribution in [0.25, 0.3) is 0 Å². The number of Topliss-reactive ketones (excluding diaryl/α,β-unsaturated/α-hetero) is 2. The molecule has 0 bridgehead atoms. The first-order valence-corrected chi connectivity index (χ1v) is 10.1. The number of hydrogen-bond donors (Lipinski definition) is 1. The monoisotopic (exact) mass is 378 g/mol. The molecule has 150 valence electrons. The molecule has 0 amide bonds. The fraction of sp³-hybridized carbons (Fsp3) is 0.762. The summed E-state index contributed by atoms with van der Waals surface area (Å²) in [5.41, 5.74) is -1.26. The molecule has 0 radical (unpaired) electrons. The lowest BCUT2D eigenvalue weighted by atomic mass is 9.60. The van der Waals surface area contributed by atoms with Gasteiger partial charge in [0.1, 0.15) is 17.6 Å². The van der Waals surface area contributed by atoms with Gasteiger partial charge in [0, 0.05) is 31.0 Å². The Morgan fingerprint density at radius 3 is 2.41 bits per heavy atom. The topological polar surface area (TPSA) is 72.2 Å². The second kappa shape index (κ2) is 7.82. The van der Waals surface area contributed by atoms with Crippen molar-refractivity contribution in [3.05, 3.63) is 18.0 Å². The zero-order chi connectivity index (χ0) is 19.7. The minimum Gasteiger partial charge on any atom is -0.385 e. The lowest BCUT2D eigenvalue weighted by molar-refractivity contribution is -0.144. The summed E-state index contributed by atoms with van der Waals surface area (Å²) in [7, 11) is 1.78. The predicted octanol–water partition coefficient (Wildman–Crippen LogP) is 3.33. The van der Waals surface area contributed by atoms with Gasteiger partial charge in [0.25, 0.3) is 0 Å². The number of nitrogens with zero attached hydrogens (tertiary/aromatic N) is 2. The van der Waals surface area contributed by atoms with E-state index < -0.39 is 17.2 Å². The van der Waals surface area contributed by atoms with Gasteiger partial charge in [0.05, 0.1) is 12.1 Å². The Morgan fingerprint density at radius 2 is 1.89 bits per heavy atom. The summed E-state index contributed by atoms with van der Waals surface area (Å²) >= 11 is 0. The van der Waals surface area contributed by atoms with Crippen LogP contribution < -0.4 is 0 Å². The summed E-state index contributed by atoms with van der Waals surface area (Å²) < 4.78 is 16.3. The number of rotatable bonds is 9. The average Bonchev–Trinajstić information content (AvgIpc) is 3.18. The molecule has 27 heavy (non-hydrogen) atoms. The molecule has 3 rings (SSSR count). The third-order valence-electron chi connectivity index (χ3n) is 6.61. The molecule has 2 aliphatic carbocycles. The van der Waals surface area contributed by atoms with Gasteiger partial charge in [-0.3, -0.25) is 14.3 Å². The van der Waals surface area contributed by atoms with E-state index in [0.29, 0.717) is 31.4 Å². The lowest BCUT2D eigenvalue weighted by Gasteiger charge is -2.45. The van der Waals surface area contributed by atoms with Crippen molar-refractivity contribution in [3.8, 4) is 0 Å². The van der Waals surface area contributed by atoms with Crippen LogP contribution in [0, 0.1) is 11.3 Å². The normalized spacial score (nSPS) is 22.8. The summed E-state index contributed by atoms with van der Waals surface area (Å²) in [6.45, 7) is 1.79. The number of ketones is 2. The second-order valence-electron chi connectivity index (χ2n) is 8.85. The third-order valence-corrected chi connectivity index (χ3v) is 6.61. The highest BCUT2D eigenvalue weighted by molar-refractivity contribution is 5.88. The molecule has 1 unspecified atom stereocenters. The van der Waals surface area contributed by atoms with Gasteiger partial charge < -0.3 is 5.11 Å². The van der Waals surface area contributed by atoms with Gasteiger partial charge in [-0.25, -0.2) is 4.39 Å². The zero-order valence-electron chi connectivity index (χ0n) is 16.4. The summed E-state index contributed by atoms with van der Waals surface area (Å²) in [6, 6.07) is 1.76. The average molecular weight is 378 g/mol. The molecule has 6 heteroatoms. The van der Waals surface area contributed by atoms with E-state index >= 15 is 0 Å². The maximum atomic E-state index is 14.7. The molecular formula is C21H31FN2O3. The van der Waals surface area contributed by atoms with Gasteiger partial charge in [-0.2, -0.15) is 5.10 Å². The SMILES string of the molecule is C[C@H](CC1(F)CCCC1)C(=O)CC1(C(O)C(=O)Cc2ccn(C)n2)CCC1. The first-order chi connectivity index (χ1) is 12.7. The second-order valence-corrected chi connectivity index (χ2v) is 8.85. The van der Waals surface area contributed by atoms with Crippen molar-refractivity contribution in [2.75, 3.05) is 0 Å². The molecule has 0 aliphatic heterocycles. The number of hydrogen-bond acceptors (Lipinski definition) is 4. The van der Waals surface area contributed by atoms with Crippen LogP contribution in [0.3, 0.4) is 0 Å². The smallest absolute Gasteiger partial charge is 0.167 e. The van der Waals surface area contributed by atoms with Crippen LogP contribution in [0.5, 0.6) is 0 Å². The first kappa shape index (κ1) is 20.2. The van der Waals surface area contributed by atoms with Gasteiger partial charge in [0.15, 0.2) is 5.78 Å². The molecule has 2 aliphatic rings. The summed E-state index contributed by atoms with van der Waals surface area (Å²) in [4.78, 5) is 25.3. The Labute approximate surface area is 160 Å². The van der Waals surface area contributed by atoms with E-state index in [1.807, 2.05) is 0 Å². The summed E-state index contributed by atoms with van der Waals surface area (Å²) in [5.74, 6) is -0.682. The van der Waals surface area contributed by atoms with Crippen molar-refractivity contribution >= 4 is 11.6 Å². The Hall–Kier alpha value is -1.56. The van der Waals surface area contributed by atoms with E-state index in [0.717, 1.165) is 19.3 Å². The maximum absolute atomic E-state index is 14.7. The molecule has 0 spiro atoms. The molecule has 5 nitrogen and oxygen atoms in total. The Morgan fingerprint density at radius 1 is 1.22 bits per heavy atom. The van der Waals surface area contributed by atoms with Gasteiger partial charge in [-0.1, -0.05) is 26.2 Å². The number of alkyl halides is 1. The first-order valence-electron chi connectivity index (χ1n) is 10.1. The summed E-state index contributed by atoms with van der Waals surface area (Å²) in [5, 5.41) is 14.9. The molecule has 1 aromatic rings. The Bertz CT molecular complexity index is 689. The standard InChI is InChI=1S/C21H31FN2O3/c1-15(13-21(22)9-3-4-10-21)18(26)14-20(7-5-8-20)19(27)17(25)12-16-6-11-24(2)23-16/h6,11,15,19,27H,3-5,7-10,12-14H2,1-2H3/t15-,19?/m1/s1. The third kappa shape index (κ3) is 4.48. The highest BCUT2D eigenvalue weighted by Gasteiger charge is 2.48. The van der Waals surface area contributed by atoms with Crippen molar-refractivity contribution in [1.29, 1.82) is 0 Å². The number of aryl methyl sites for hydroxylation is 1. The van der Waals surface area contributed by atoms with E-state index in [9.17, 15) is 19.1 Å². The minimum atomic E-state index is -1.21. The molecule has 0 aromatic carbocycles. The van der Waals surface area contributed by atoms with Crippen molar-refractivity contribution in [3.63, 3.8) is 0 Å². The van der Waals surface area contributed by atoms with Crippen LogP contribution in [0.1, 0.15) is 70.4 Å². The Balaban J connectivity index is 1.60. The van der Waals surface area contributed by atoms with E-state index in [4.69, 9.17) is 0 Å². The minimum absolute atomic E-state index is 0.0247. The van der Waals surface area contributed by atoms with Crippen LogP contribution in [0.15, 0.2) is 12.3 Å². The maximum Gasteiger partial charge on any atom is 0.167 e. The van der Waals surface area contributed by atoms with Crippen molar-refractivity contribution in [2.24, 2.45) is 18.4 Å². The van der Waals surface area contributed by atoms with Crippen molar-refractivity contribution < 1.29 is 19.1 Å². The van der Waals surface area contributed by atoms with Crippen molar-refractivity contribution in [1.82, 2.24) is 9.78 Å². The highest BCUT2D eigenvalue weighted by atomic mass is 19.1. The molecule has 1 aromatic heterocycles. The van der Waals surface area contributed by atoms with E-state index in [1.165, 1.54) is 0 Å². The quantitative estimate of drug-likeness (QED) is 0.715. The summed E-state index contributed by atoms with van der Waals surface area (Å²) in [6.07, 6.45) is 6.21. The molecule has 2 atom stereocenters. The number of carbonyl (C=O) groups is 2. The zero-order valence-corrected chi connectivity index (χ0v) is 16.4. The van der Waals surface area contributed by atoms with Gasteiger partial charge >= 0.3 is 0 Å². The highest BCUT2D eigenvalue weighted by Crippen LogP contribution is 2.48. The number of halogens is 1. The van der Waals surface area contributed by atoms with Crippen LogP contribution >= 0.6 is 0 Å². The van der Waals surface area contributed by atoms with Gasteiger partial charge in [0.2, 0.25) is 0 Å². The van der Waals surface area contributed by atoms with Crippen LogP contribution in [0.2, 0.25) is 0 Å². The molecule has 2 fully saturated rings. The number of aliphatic hydroxyl groups is 1. The molecule has 0 saturated heterocycles. The Kier molecular flexibility index (Phi) is 5.84. The van der Waals surface area contributed by atoms with Gasteiger partial charge in [-0.05, 0) is 38.2 Å². The predicted molar refractivity (Wildman–Crippen MR) is 99.9 cm³/mol. The molecule has 2 saturated carbocycles. The fourth-order valence-corrected chi connectivity index (χ4v) is 4.75. The van der Waals surface area contributed by atoms with Crippen LogP contribution in [-0.2, 0) is 23.1 Å². The van der Waals surface area contributed by atoms with E-state index in [2.05, 4.69) is 5.10 Å². The van der Waals surface area contributed by atoms with E-state index in [1.54, 1.807) is 30.9 Å². The van der Waals surface area contributed by atoms with Crippen LogP contribution in [0.4, 0.5) is 4.39 Å². The number of aliphatic hydroxyl groups excluding tert-OH is 1. The van der Waals surface area contributed by atoms with Crippen LogP contribution in [-0.4, -0.2) is 38.2 Å². The lowest BCUT2D eigenvalue weighted by Crippen LogP contribution is -2.48. The largest absolute Gasteiger partial charge is 0.385 e. The number of aromatic nitrogens is 2.